The average Bonchev–Trinajstić information content (AvgIpc) is 2.87. The molecule has 2 amide bonds. The quantitative estimate of drug-likeness (QED) is 0.453. The zero-order chi connectivity index (χ0) is 24.8. The van der Waals surface area contributed by atoms with E-state index in [4.69, 9.17) is 0 Å². The van der Waals surface area contributed by atoms with Crippen LogP contribution in [0.2, 0.25) is 0 Å². The standard InChI is InChI=1S/C23H28N2O2.C6H15N/c1-2-22(26)25-21-14-12-19(13-15-21)18-8-10-20(11-9-18)23(27)24-16-17-6-4-3-5-7-17;1-4-5-6-7(2)3/h8-15,17H,2-7,16H2,1H3,(H,24,27)(H,25,26);4-6H2,1-3H3. The van der Waals surface area contributed by atoms with Crippen LogP contribution in [0, 0.1) is 5.92 Å². The Hall–Kier alpha value is -2.66. The molecule has 0 aliphatic heterocycles. The lowest BCUT2D eigenvalue weighted by Crippen LogP contribution is -2.30. The highest BCUT2D eigenvalue weighted by molar-refractivity contribution is 5.94. The van der Waals surface area contributed by atoms with E-state index in [1.165, 1.54) is 51.5 Å². The number of amides is 2. The molecule has 34 heavy (non-hydrogen) atoms. The lowest BCUT2D eigenvalue weighted by Gasteiger charge is -2.21. The van der Waals surface area contributed by atoms with Crippen LogP contribution >= 0.6 is 0 Å². The van der Waals surface area contributed by atoms with Gasteiger partial charge < -0.3 is 15.5 Å². The summed E-state index contributed by atoms with van der Waals surface area (Å²) in [6.45, 7) is 6.06. The van der Waals surface area contributed by atoms with E-state index in [0.717, 1.165) is 23.4 Å². The Bertz CT molecular complexity index is 854. The molecular weight excluding hydrogens is 422 g/mol. The monoisotopic (exact) mass is 465 g/mol. The Morgan fingerprint density at radius 2 is 1.47 bits per heavy atom. The second-order valence-electron chi connectivity index (χ2n) is 9.43. The summed E-state index contributed by atoms with van der Waals surface area (Å²) in [5.41, 5.74) is 3.59. The smallest absolute Gasteiger partial charge is 0.251 e. The molecule has 0 heterocycles. The number of benzene rings is 2. The highest BCUT2D eigenvalue weighted by Crippen LogP contribution is 2.24. The molecule has 2 aromatic carbocycles. The summed E-state index contributed by atoms with van der Waals surface area (Å²) in [5, 5.41) is 5.92. The molecule has 2 N–H and O–H groups in total. The summed E-state index contributed by atoms with van der Waals surface area (Å²) in [6, 6.07) is 15.4. The van der Waals surface area contributed by atoms with E-state index >= 15 is 0 Å². The Balaban J connectivity index is 0.000000509. The van der Waals surface area contributed by atoms with Gasteiger partial charge in [-0.1, -0.05) is 63.8 Å². The third-order valence-electron chi connectivity index (χ3n) is 6.21. The van der Waals surface area contributed by atoms with Crippen LogP contribution in [-0.4, -0.2) is 43.9 Å². The Morgan fingerprint density at radius 1 is 0.882 bits per heavy atom. The molecule has 0 bridgehead atoms. The minimum Gasteiger partial charge on any atom is -0.352 e. The number of anilines is 1. The molecule has 2 aromatic rings. The molecule has 1 saturated carbocycles. The molecule has 0 saturated heterocycles. The molecule has 0 radical (unpaired) electrons. The third-order valence-corrected chi connectivity index (χ3v) is 6.21. The summed E-state index contributed by atoms with van der Waals surface area (Å²) in [7, 11) is 4.21. The number of nitrogens with zero attached hydrogens (tertiary/aromatic N) is 1. The van der Waals surface area contributed by atoms with E-state index in [-0.39, 0.29) is 11.8 Å². The topological polar surface area (TPSA) is 61.4 Å². The van der Waals surface area contributed by atoms with Crippen LogP contribution in [0.15, 0.2) is 48.5 Å². The highest BCUT2D eigenvalue weighted by atomic mass is 16.2. The number of carbonyl (C=O) groups is 2. The molecule has 0 atom stereocenters. The van der Waals surface area contributed by atoms with Crippen LogP contribution in [0.25, 0.3) is 11.1 Å². The van der Waals surface area contributed by atoms with Gasteiger partial charge in [0.25, 0.3) is 5.91 Å². The van der Waals surface area contributed by atoms with E-state index in [1.807, 2.05) is 55.5 Å². The van der Waals surface area contributed by atoms with Crippen molar-refractivity contribution < 1.29 is 9.59 Å². The van der Waals surface area contributed by atoms with E-state index in [2.05, 4.69) is 36.6 Å². The van der Waals surface area contributed by atoms with E-state index in [0.29, 0.717) is 17.9 Å². The minimum atomic E-state index is 0.00440. The Labute approximate surface area is 206 Å². The molecule has 1 aliphatic rings. The Kier molecular flexibility index (Phi) is 12.4. The first-order valence-electron chi connectivity index (χ1n) is 12.9. The average molecular weight is 466 g/mol. The maximum Gasteiger partial charge on any atom is 0.251 e. The maximum atomic E-state index is 12.4. The van der Waals surface area contributed by atoms with Crippen molar-refractivity contribution >= 4 is 17.5 Å². The molecular formula is C29H43N3O2. The van der Waals surface area contributed by atoms with Crippen molar-refractivity contribution in [3.8, 4) is 11.1 Å². The van der Waals surface area contributed by atoms with E-state index in [9.17, 15) is 9.59 Å². The first kappa shape index (κ1) is 27.6. The molecule has 186 valence electrons. The molecule has 1 aliphatic carbocycles. The molecule has 1 fully saturated rings. The summed E-state index contributed by atoms with van der Waals surface area (Å²) in [4.78, 5) is 26.0. The lowest BCUT2D eigenvalue weighted by molar-refractivity contribution is -0.115. The SMILES string of the molecule is CCC(=O)Nc1ccc(-c2ccc(C(=O)NCC3CCCCC3)cc2)cc1.CCCCN(C)C. The molecule has 0 spiro atoms. The van der Waals surface area contributed by atoms with E-state index < -0.39 is 0 Å². The van der Waals surface area contributed by atoms with E-state index in [1.54, 1.807) is 0 Å². The number of rotatable bonds is 9. The fourth-order valence-electron chi connectivity index (χ4n) is 4.01. The largest absolute Gasteiger partial charge is 0.352 e. The molecule has 0 aromatic heterocycles. The summed E-state index contributed by atoms with van der Waals surface area (Å²) >= 11 is 0. The summed E-state index contributed by atoms with van der Waals surface area (Å²) < 4.78 is 0. The minimum absolute atomic E-state index is 0.00440. The fraction of sp³-hybridized carbons (Fsp3) is 0.517. The zero-order valence-corrected chi connectivity index (χ0v) is 21.5. The van der Waals surface area contributed by atoms with Gasteiger partial charge in [0.2, 0.25) is 5.91 Å². The van der Waals surface area contributed by atoms with Gasteiger partial charge in [0, 0.05) is 24.2 Å². The first-order chi connectivity index (χ1) is 16.4. The number of hydrogen-bond acceptors (Lipinski definition) is 3. The van der Waals surface area contributed by atoms with Crippen LogP contribution in [0.5, 0.6) is 0 Å². The fourth-order valence-corrected chi connectivity index (χ4v) is 4.01. The number of unbranched alkanes of at least 4 members (excludes halogenated alkanes) is 1. The van der Waals surface area contributed by atoms with Crippen molar-refractivity contribution in [1.29, 1.82) is 0 Å². The van der Waals surface area contributed by atoms with Gasteiger partial charge in [-0.15, -0.1) is 0 Å². The van der Waals surface area contributed by atoms with Crippen LogP contribution in [0.1, 0.15) is 75.6 Å². The van der Waals surface area contributed by atoms with Gasteiger partial charge in [-0.2, -0.15) is 0 Å². The third kappa shape index (κ3) is 10.1. The number of carbonyl (C=O) groups excluding carboxylic acids is 2. The van der Waals surface area contributed by atoms with Gasteiger partial charge in [-0.3, -0.25) is 9.59 Å². The number of nitrogens with one attached hydrogen (secondary N) is 2. The van der Waals surface area contributed by atoms with Crippen LogP contribution < -0.4 is 10.6 Å². The van der Waals surface area contributed by atoms with Gasteiger partial charge >= 0.3 is 0 Å². The van der Waals surface area contributed by atoms with Crippen molar-refractivity contribution in [3.63, 3.8) is 0 Å². The van der Waals surface area contributed by atoms with Crippen LogP contribution in [0.4, 0.5) is 5.69 Å². The first-order valence-corrected chi connectivity index (χ1v) is 12.9. The van der Waals surface area contributed by atoms with Crippen molar-refractivity contribution in [2.45, 2.75) is 65.2 Å². The van der Waals surface area contributed by atoms with Crippen LogP contribution in [-0.2, 0) is 4.79 Å². The number of hydrogen-bond donors (Lipinski definition) is 2. The Morgan fingerprint density at radius 3 is 1.97 bits per heavy atom. The van der Waals surface area contributed by atoms with Gasteiger partial charge in [0.1, 0.15) is 0 Å². The molecule has 3 rings (SSSR count). The second kappa shape index (κ2) is 15.3. The zero-order valence-electron chi connectivity index (χ0n) is 21.5. The normalized spacial score (nSPS) is 13.7. The molecule has 5 nitrogen and oxygen atoms in total. The highest BCUT2D eigenvalue weighted by Gasteiger charge is 2.15. The predicted octanol–water partition coefficient (Wildman–Crippen LogP) is 6.36. The van der Waals surface area contributed by atoms with Gasteiger partial charge in [-0.25, -0.2) is 0 Å². The van der Waals surface area contributed by atoms with Gasteiger partial charge in [-0.05, 0) is 81.2 Å². The van der Waals surface area contributed by atoms with Gasteiger partial charge in [0.05, 0.1) is 0 Å². The molecule has 5 heteroatoms. The summed E-state index contributed by atoms with van der Waals surface area (Å²) in [6.07, 6.45) is 9.46. The van der Waals surface area contributed by atoms with Crippen molar-refractivity contribution in [2.24, 2.45) is 5.92 Å². The predicted molar refractivity (Wildman–Crippen MR) is 143 cm³/mol. The lowest BCUT2D eigenvalue weighted by atomic mass is 9.89. The molecule has 0 unspecified atom stereocenters. The van der Waals surface area contributed by atoms with Crippen molar-refractivity contribution in [3.05, 3.63) is 54.1 Å². The second-order valence-corrected chi connectivity index (χ2v) is 9.43. The van der Waals surface area contributed by atoms with Crippen molar-refractivity contribution in [1.82, 2.24) is 10.2 Å². The maximum absolute atomic E-state index is 12.4. The van der Waals surface area contributed by atoms with Gasteiger partial charge in [0.15, 0.2) is 0 Å². The summed E-state index contributed by atoms with van der Waals surface area (Å²) in [5.74, 6) is 0.643. The van der Waals surface area contributed by atoms with Crippen molar-refractivity contribution in [2.75, 3.05) is 32.5 Å². The van der Waals surface area contributed by atoms with Crippen LogP contribution in [0.3, 0.4) is 0 Å².